The summed E-state index contributed by atoms with van der Waals surface area (Å²) in [7, 11) is 2.08. The lowest BCUT2D eigenvalue weighted by Crippen LogP contribution is -2.47. The summed E-state index contributed by atoms with van der Waals surface area (Å²) in [4.78, 5) is 35.3. The van der Waals surface area contributed by atoms with E-state index in [2.05, 4.69) is 34.5 Å². The van der Waals surface area contributed by atoms with Crippen LogP contribution in [0.1, 0.15) is 88.1 Å². The molecule has 1 aromatic heterocycles. The lowest BCUT2D eigenvalue weighted by molar-refractivity contribution is -0.0177. The van der Waals surface area contributed by atoms with Gasteiger partial charge in [-0.05, 0) is 88.9 Å². The summed E-state index contributed by atoms with van der Waals surface area (Å²) < 4.78 is 12.8. The van der Waals surface area contributed by atoms with Crippen molar-refractivity contribution >= 4 is 17.6 Å². The maximum absolute atomic E-state index is 14.3. The zero-order valence-corrected chi connectivity index (χ0v) is 27.5. The third-order valence-corrected chi connectivity index (χ3v) is 8.94. The molecule has 2 aromatic rings. The maximum Gasteiger partial charge on any atom is 0.319 e. The molecule has 4 atom stereocenters. The molecule has 4 rings (SSSR count). The molecule has 0 unspecified atom stereocenters. The molecular formula is C35H53N5O5. The van der Waals surface area contributed by atoms with Crippen LogP contribution < -0.4 is 15.4 Å². The highest BCUT2D eigenvalue weighted by atomic mass is 16.5. The average molecular weight is 624 g/mol. The predicted octanol–water partition coefficient (Wildman–Crippen LogP) is 5.46. The molecule has 10 nitrogen and oxygen atoms in total. The van der Waals surface area contributed by atoms with Crippen LogP contribution in [0.4, 0.5) is 10.5 Å². The van der Waals surface area contributed by atoms with Crippen LogP contribution in [0.25, 0.3) is 0 Å². The van der Waals surface area contributed by atoms with Crippen molar-refractivity contribution < 1.29 is 24.2 Å². The number of aliphatic hydroxyl groups excluding tert-OH is 1. The smallest absolute Gasteiger partial charge is 0.319 e. The number of carbonyl (C=O) groups excluding carboxylic acids is 2. The quantitative estimate of drug-likeness (QED) is 0.358. The van der Waals surface area contributed by atoms with Crippen LogP contribution in [0.2, 0.25) is 0 Å². The number of aromatic nitrogens is 1. The predicted molar refractivity (Wildman–Crippen MR) is 176 cm³/mol. The van der Waals surface area contributed by atoms with Crippen LogP contribution in [0.3, 0.4) is 0 Å². The van der Waals surface area contributed by atoms with Crippen molar-refractivity contribution in [1.29, 1.82) is 0 Å². The van der Waals surface area contributed by atoms with Gasteiger partial charge in [0.25, 0.3) is 5.91 Å². The normalized spacial score (nSPS) is 23.0. The number of benzene rings is 1. The minimum atomic E-state index is -0.431. The van der Waals surface area contributed by atoms with E-state index in [1.165, 1.54) is 12.0 Å². The number of anilines is 1. The van der Waals surface area contributed by atoms with Gasteiger partial charge in [0.15, 0.2) is 0 Å². The summed E-state index contributed by atoms with van der Waals surface area (Å²) in [5, 5.41) is 16.2. The molecule has 0 spiro atoms. The molecule has 0 radical (unpaired) electrons. The van der Waals surface area contributed by atoms with Gasteiger partial charge in [-0.25, -0.2) is 4.79 Å². The van der Waals surface area contributed by atoms with Crippen molar-refractivity contribution in [2.45, 2.75) is 103 Å². The maximum atomic E-state index is 14.3. The minimum Gasteiger partial charge on any atom is -0.490 e. The number of aliphatic hydroxyl groups is 1. The highest BCUT2D eigenvalue weighted by Crippen LogP contribution is 2.29. The Morgan fingerprint density at radius 3 is 2.56 bits per heavy atom. The summed E-state index contributed by atoms with van der Waals surface area (Å²) >= 11 is 0. The van der Waals surface area contributed by atoms with Crippen molar-refractivity contribution in [3.63, 3.8) is 0 Å². The fourth-order valence-electron chi connectivity index (χ4n) is 6.23. The Bertz CT molecular complexity index is 1210. The topological polar surface area (TPSA) is 116 Å². The van der Waals surface area contributed by atoms with Gasteiger partial charge in [-0.15, -0.1) is 0 Å². The fraction of sp³-hybridized carbons (Fsp3) is 0.629. The highest BCUT2D eigenvalue weighted by Gasteiger charge is 2.30. The summed E-state index contributed by atoms with van der Waals surface area (Å²) in [6.45, 7) is 8.26. The van der Waals surface area contributed by atoms with E-state index in [-0.39, 0.29) is 42.7 Å². The Hall–Kier alpha value is -3.21. The molecular weight excluding hydrogens is 570 g/mol. The SMILES string of the molecule is C[C@@H]1CCCCO[C@@H](CN(C)Cc2ccncc2)[C@H](C)CN([C@H](C)CO)C(=O)c2cc(NC(=O)NC3CCCCC3)ccc2O1. The molecule has 3 amide bonds. The molecule has 45 heavy (non-hydrogen) atoms. The number of hydrogen-bond donors (Lipinski definition) is 3. The molecule has 0 bridgehead atoms. The molecule has 2 aliphatic rings. The second-order valence-electron chi connectivity index (χ2n) is 13.0. The summed E-state index contributed by atoms with van der Waals surface area (Å²) in [6.07, 6.45) is 11.5. The van der Waals surface area contributed by atoms with Crippen LogP contribution >= 0.6 is 0 Å². The van der Waals surface area contributed by atoms with E-state index in [1.807, 2.05) is 26.0 Å². The van der Waals surface area contributed by atoms with Crippen LogP contribution in [0.15, 0.2) is 42.7 Å². The van der Waals surface area contributed by atoms with Crippen LogP contribution in [0.5, 0.6) is 5.75 Å². The van der Waals surface area contributed by atoms with Crippen LogP contribution in [-0.4, -0.2) is 89.5 Å². The number of rotatable bonds is 8. The first-order chi connectivity index (χ1) is 21.7. The number of pyridine rings is 1. The minimum absolute atomic E-state index is 0.0170. The fourth-order valence-corrected chi connectivity index (χ4v) is 6.23. The van der Waals surface area contributed by atoms with E-state index >= 15 is 0 Å². The number of nitrogens with one attached hydrogen (secondary N) is 2. The standard InChI is InChI=1S/C35H53N5O5/c1-25-21-40(26(2)24-41)34(42)31-20-30(38-35(43)37-29-11-6-5-7-12-29)13-14-32(31)45-27(3)10-8-9-19-44-33(25)23-39(4)22-28-15-17-36-18-16-28/h13-18,20,25-27,29,33,41H,5-12,19,21-24H2,1-4H3,(H2,37,38,43)/t25-,26-,27-,33+/m1/s1. The van der Waals surface area contributed by atoms with Gasteiger partial charge in [-0.3, -0.25) is 14.7 Å². The number of hydrogen-bond acceptors (Lipinski definition) is 7. The van der Waals surface area contributed by atoms with Gasteiger partial charge in [0.05, 0.1) is 30.4 Å². The van der Waals surface area contributed by atoms with E-state index in [9.17, 15) is 14.7 Å². The van der Waals surface area contributed by atoms with Gasteiger partial charge in [0, 0.05) is 56.3 Å². The Morgan fingerprint density at radius 2 is 1.82 bits per heavy atom. The van der Waals surface area contributed by atoms with E-state index in [0.29, 0.717) is 36.7 Å². The Balaban J connectivity index is 1.56. The third-order valence-electron chi connectivity index (χ3n) is 8.94. The zero-order chi connectivity index (χ0) is 32.2. The lowest BCUT2D eigenvalue weighted by atomic mass is 9.96. The van der Waals surface area contributed by atoms with Crippen molar-refractivity contribution in [3.8, 4) is 5.75 Å². The van der Waals surface area contributed by atoms with Gasteiger partial charge in [-0.2, -0.15) is 0 Å². The number of urea groups is 1. The number of fused-ring (bicyclic) bond motifs is 1. The monoisotopic (exact) mass is 623 g/mol. The molecule has 10 heteroatoms. The summed E-state index contributed by atoms with van der Waals surface area (Å²) in [6, 6.07) is 8.76. The zero-order valence-electron chi connectivity index (χ0n) is 27.5. The van der Waals surface area contributed by atoms with Gasteiger partial charge in [0.2, 0.25) is 0 Å². The second kappa shape index (κ2) is 17.5. The first kappa shape index (κ1) is 34.7. The van der Waals surface area contributed by atoms with Gasteiger partial charge >= 0.3 is 6.03 Å². The van der Waals surface area contributed by atoms with Crippen LogP contribution in [-0.2, 0) is 11.3 Å². The second-order valence-corrected chi connectivity index (χ2v) is 13.0. The molecule has 1 fully saturated rings. The number of likely N-dealkylation sites (N-methyl/N-ethyl adjacent to an activating group) is 1. The molecule has 248 valence electrons. The number of ether oxygens (including phenoxy) is 2. The molecule has 1 aliphatic carbocycles. The van der Waals surface area contributed by atoms with E-state index in [4.69, 9.17) is 9.47 Å². The first-order valence-corrected chi connectivity index (χ1v) is 16.7. The van der Waals surface area contributed by atoms with Crippen molar-refractivity contribution in [2.24, 2.45) is 5.92 Å². The number of carbonyl (C=O) groups is 2. The van der Waals surface area contributed by atoms with Crippen molar-refractivity contribution in [2.75, 3.05) is 38.7 Å². The van der Waals surface area contributed by atoms with E-state index in [0.717, 1.165) is 51.5 Å². The van der Waals surface area contributed by atoms with Crippen molar-refractivity contribution in [1.82, 2.24) is 20.1 Å². The van der Waals surface area contributed by atoms with Crippen molar-refractivity contribution in [3.05, 3.63) is 53.9 Å². The van der Waals surface area contributed by atoms with Gasteiger partial charge < -0.3 is 30.1 Å². The Kier molecular flexibility index (Phi) is 13.5. The summed E-state index contributed by atoms with van der Waals surface area (Å²) in [5.74, 6) is 0.218. The Morgan fingerprint density at radius 1 is 1.09 bits per heavy atom. The average Bonchev–Trinajstić information content (AvgIpc) is 3.03. The van der Waals surface area contributed by atoms with E-state index < -0.39 is 6.04 Å². The molecule has 2 heterocycles. The molecule has 1 saturated carbocycles. The molecule has 0 saturated heterocycles. The Labute approximate surface area is 268 Å². The molecule has 3 N–H and O–H groups in total. The molecule has 1 aromatic carbocycles. The first-order valence-electron chi connectivity index (χ1n) is 16.7. The number of nitrogens with zero attached hydrogens (tertiary/aromatic N) is 3. The largest absolute Gasteiger partial charge is 0.490 e. The lowest BCUT2D eigenvalue weighted by Gasteiger charge is -2.36. The van der Waals surface area contributed by atoms with Crippen LogP contribution in [0, 0.1) is 5.92 Å². The number of amides is 3. The van der Waals surface area contributed by atoms with E-state index in [1.54, 1.807) is 35.5 Å². The van der Waals surface area contributed by atoms with Gasteiger partial charge in [0.1, 0.15) is 5.75 Å². The highest BCUT2D eigenvalue weighted by molar-refractivity contribution is 5.99. The van der Waals surface area contributed by atoms with Gasteiger partial charge in [-0.1, -0.05) is 26.2 Å². The third kappa shape index (κ3) is 10.7. The summed E-state index contributed by atoms with van der Waals surface area (Å²) in [5.41, 5.74) is 2.07. The molecule has 1 aliphatic heterocycles.